The van der Waals surface area contributed by atoms with E-state index in [4.69, 9.17) is 0 Å². The van der Waals surface area contributed by atoms with E-state index < -0.39 is 0 Å². The first-order valence-electron chi connectivity index (χ1n) is 8.76. The van der Waals surface area contributed by atoms with Crippen LogP contribution in [0.5, 0.6) is 0 Å². The quantitative estimate of drug-likeness (QED) is 0.652. The first kappa shape index (κ1) is 17.0. The SMILES string of the molecule is CC.CC(C)C1CCC2(CC1)CCN(C(C)C)CC2. The maximum Gasteiger partial charge on any atom is 0.00385 e. The molecule has 1 nitrogen and oxygen atoms in total. The molecule has 1 spiro atoms. The zero-order chi connectivity index (χ0) is 14.5. The molecule has 0 atom stereocenters. The fraction of sp³-hybridized carbons (Fsp3) is 1.00. The average Bonchev–Trinajstić information content (AvgIpc) is 2.42. The van der Waals surface area contributed by atoms with Crippen LogP contribution in [-0.2, 0) is 0 Å². The van der Waals surface area contributed by atoms with Crippen LogP contribution in [0.15, 0.2) is 0 Å². The van der Waals surface area contributed by atoms with Crippen molar-refractivity contribution in [2.24, 2.45) is 17.3 Å². The van der Waals surface area contributed by atoms with E-state index in [-0.39, 0.29) is 0 Å². The third-order valence-electron chi connectivity index (χ3n) is 5.62. The highest BCUT2D eigenvalue weighted by Crippen LogP contribution is 2.47. The molecule has 2 fully saturated rings. The molecule has 0 aromatic rings. The van der Waals surface area contributed by atoms with Crippen molar-refractivity contribution in [2.75, 3.05) is 13.1 Å². The second-order valence-corrected chi connectivity index (χ2v) is 7.21. The molecule has 0 amide bonds. The van der Waals surface area contributed by atoms with E-state index in [2.05, 4.69) is 32.6 Å². The number of piperidine rings is 1. The molecule has 0 aromatic carbocycles. The maximum absolute atomic E-state index is 2.67. The number of hydrogen-bond donors (Lipinski definition) is 0. The molecule has 1 saturated carbocycles. The predicted molar refractivity (Wildman–Crippen MR) is 86.5 cm³/mol. The zero-order valence-electron chi connectivity index (χ0n) is 14.3. The van der Waals surface area contributed by atoms with Gasteiger partial charge in [0.15, 0.2) is 0 Å². The second-order valence-electron chi connectivity index (χ2n) is 7.21. The standard InChI is InChI=1S/C16H31N.C2H6/c1-13(2)15-5-7-16(8-6-15)9-11-17(12-10-16)14(3)4;1-2/h13-15H,5-12H2,1-4H3;1-2H3. The van der Waals surface area contributed by atoms with Crippen LogP contribution in [0.2, 0.25) is 0 Å². The van der Waals surface area contributed by atoms with Gasteiger partial charge >= 0.3 is 0 Å². The van der Waals surface area contributed by atoms with Crippen LogP contribution in [0.25, 0.3) is 0 Å². The van der Waals surface area contributed by atoms with E-state index >= 15 is 0 Å². The summed E-state index contributed by atoms with van der Waals surface area (Å²) in [7, 11) is 0. The van der Waals surface area contributed by atoms with E-state index in [9.17, 15) is 0 Å². The Balaban J connectivity index is 0.000000861. The maximum atomic E-state index is 2.67. The molecule has 114 valence electrons. The van der Waals surface area contributed by atoms with Gasteiger partial charge in [-0.1, -0.05) is 27.7 Å². The molecule has 1 saturated heterocycles. The van der Waals surface area contributed by atoms with Gasteiger partial charge in [0, 0.05) is 6.04 Å². The van der Waals surface area contributed by atoms with Crippen molar-refractivity contribution in [1.29, 1.82) is 0 Å². The minimum Gasteiger partial charge on any atom is -0.301 e. The summed E-state index contributed by atoms with van der Waals surface area (Å²) >= 11 is 0. The van der Waals surface area contributed by atoms with Crippen LogP contribution in [0.3, 0.4) is 0 Å². The summed E-state index contributed by atoms with van der Waals surface area (Å²) in [6, 6.07) is 0.749. The van der Waals surface area contributed by atoms with Gasteiger partial charge in [-0.3, -0.25) is 0 Å². The Morgan fingerprint density at radius 1 is 0.842 bits per heavy atom. The molecule has 2 aliphatic rings. The first-order valence-corrected chi connectivity index (χ1v) is 8.76. The monoisotopic (exact) mass is 267 g/mol. The van der Waals surface area contributed by atoms with Crippen LogP contribution < -0.4 is 0 Å². The lowest BCUT2D eigenvalue weighted by Gasteiger charge is -2.47. The van der Waals surface area contributed by atoms with Gasteiger partial charge in [0.1, 0.15) is 0 Å². The minimum atomic E-state index is 0.747. The van der Waals surface area contributed by atoms with E-state index in [1.165, 1.54) is 51.6 Å². The summed E-state index contributed by atoms with van der Waals surface area (Å²) in [6.07, 6.45) is 8.97. The van der Waals surface area contributed by atoms with Gasteiger partial charge in [-0.15, -0.1) is 0 Å². The lowest BCUT2D eigenvalue weighted by Crippen LogP contribution is -2.44. The van der Waals surface area contributed by atoms with Gasteiger partial charge < -0.3 is 4.90 Å². The number of nitrogens with zero attached hydrogens (tertiary/aromatic N) is 1. The van der Waals surface area contributed by atoms with Gasteiger partial charge in [-0.05, 0) is 82.7 Å². The van der Waals surface area contributed by atoms with E-state index in [1.807, 2.05) is 13.8 Å². The largest absolute Gasteiger partial charge is 0.301 e. The number of likely N-dealkylation sites (tertiary alicyclic amines) is 1. The molecule has 1 aliphatic carbocycles. The summed E-state index contributed by atoms with van der Waals surface area (Å²) in [5.74, 6) is 1.92. The van der Waals surface area contributed by atoms with Crippen LogP contribution in [0.4, 0.5) is 0 Å². The van der Waals surface area contributed by atoms with Crippen LogP contribution in [0.1, 0.15) is 80.1 Å². The molecule has 0 bridgehead atoms. The molecule has 2 rings (SSSR count). The normalized spacial score (nSPS) is 24.6. The third kappa shape index (κ3) is 4.48. The highest BCUT2D eigenvalue weighted by molar-refractivity contribution is 4.91. The van der Waals surface area contributed by atoms with Crippen molar-refractivity contribution in [3.63, 3.8) is 0 Å². The van der Waals surface area contributed by atoms with E-state index in [0.717, 1.165) is 23.3 Å². The Morgan fingerprint density at radius 3 is 1.68 bits per heavy atom. The van der Waals surface area contributed by atoms with Crippen molar-refractivity contribution in [3.05, 3.63) is 0 Å². The minimum absolute atomic E-state index is 0.747. The fourth-order valence-corrected chi connectivity index (χ4v) is 3.93. The highest BCUT2D eigenvalue weighted by atomic mass is 15.2. The summed E-state index contributed by atoms with van der Waals surface area (Å²) < 4.78 is 0. The third-order valence-corrected chi connectivity index (χ3v) is 5.62. The Morgan fingerprint density at radius 2 is 1.32 bits per heavy atom. The lowest BCUT2D eigenvalue weighted by atomic mass is 9.64. The smallest absolute Gasteiger partial charge is 0.00385 e. The number of rotatable bonds is 2. The highest BCUT2D eigenvalue weighted by Gasteiger charge is 2.38. The van der Waals surface area contributed by atoms with E-state index in [1.54, 1.807) is 0 Å². The molecule has 1 heterocycles. The molecule has 1 heteroatoms. The Bertz CT molecular complexity index is 199. The van der Waals surface area contributed by atoms with Crippen molar-refractivity contribution in [1.82, 2.24) is 4.90 Å². The molecule has 1 aliphatic heterocycles. The Kier molecular flexibility index (Phi) is 6.86. The van der Waals surface area contributed by atoms with Gasteiger partial charge in [-0.25, -0.2) is 0 Å². The summed E-state index contributed by atoms with van der Waals surface area (Å²) in [5.41, 5.74) is 0.747. The van der Waals surface area contributed by atoms with Crippen LogP contribution in [0, 0.1) is 17.3 Å². The molecular weight excluding hydrogens is 230 g/mol. The van der Waals surface area contributed by atoms with Crippen molar-refractivity contribution >= 4 is 0 Å². The number of hydrogen-bond acceptors (Lipinski definition) is 1. The van der Waals surface area contributed by atoms with E-state index in [0.29, 0.717) is 0 Å². The van der Waals surface area contributed by atoms with Gasteiger partial charge in [0.25, 0.3) is 0 Å². The Hall–Kier alpha value is -0.0400. The van der Waals surface area contributed by atoms with Crippen molar-refractivity contribution in [3.8, 4) is 0 Å². The first-order chi connectivity index (χ1) is 9.02. The topological polar surface area (TPSA) is 3.24 Å². The summed E-state index contributed by atoms with van der Waals surface area (Å²) in [4.78, 5) is 2.67. The second kappa shape index (κ2) is 7.67. The van der Waals surface area contributed by atoms with Crippen LogP contribution >= 0.6 is 0 Å². The Labute approximate surface area is 122 Å². The molecular formula is C18H37N. The van der Waals surface area contributed by atoms with Crippen molar-refractivity contribution in [2.45, 2.75) is 86.1 Å². The van der Waals surface area contributed by atoms with Crippen LogP contribution in [-0.4, -0.2) is 24.0 Å². The molecule has 0 N–H and O–H groups in total. The fourth-order valence-electron chi connectivity index (χ4n) is 3.93. The summed E-state index contributed by atoms with van der Waals surface area (Å²) in [6.45, 7) is 16.2. The predicted octanol–water partition coefficient (Wildman–Crippen LogP) is 5.35. The van der Waals surface area contributed by atoms with Gasteiger partial charge in [0.05, 0.1) is 0 Å². The zero-order valence-corrected chi connectivity index (χ0v) is 14.3. The van der Waals surface area contributed by atoms with Gasteiger partial charge in [-0.2, -0.15) is 0 Å². The summed E-state index contributed by atoms with van der Waals surface area (Å²) in [5, 5.41) is 0. The molecule has 0 radical (unpaired) electrons. The van der Waals surface area contributed by atoms with Gasteiger partial charge in [0.2, 0.25) is 0 Å². The molecule has 0 aromatic heterocycles. The molecule has 19 heavy (non-hydrogen) atoms. The molecule has 0 unspecified atom stereocenters. The lowest BCUT2D eigenvalue weighted by molar-refractivity contribution is 0.0328. The average molecular weight is 268 g/mol. The van der Waals surface area contributed by atoms with Crippen molar-refractivity contribution < 1.29 is 0 Å².